The molecule has 0 spiro atoms. The summed E-state index contributed by atoms with van der Waals surface area (Å²) in [4.78, 5) is 11.8. The zero-order valence-electron chi connectivity index (χ0n) is 8.23. The lowest BCUT2D eigenvalue weighted by molar-refractivity contribution is 0.103. The van der Waals surface area contributed by atoms with Gasteiger partial charge >= 0.3 is 0 Å². The summed E-state index contributed by atoms with van der Waals surface area (Å²) in [6.07, 6.45) is 3.08. The number of rotatable bonds is 3. The Morgan fingerprint density at radius 3 is 2.53 bits per heavy atom. The van der Waals surface area contributed by atoms with Crippen LogP contribution in [0.1, 0.15) is 15.9 Å². The lowest BCUT2D eigenvalue weighted by atomic mass is 10.1. The highest BCUT2D eigenvalue weighted by molar-refractivity contribution is 6.08. The van der Waals surface area contributed by atoms with Gasteiger partial charge in [0.25, 0.3) is 0 Å². The molecule has 0 saturated heterocycles. The summed E-state index contributed by atoms with van der Waals surface area (Å²) in [5.74, 6) is 0.685. The topological polar surface area (TPSA) is 55.0 Å². The number of ketones is 1. The standard InChI is InChI=1S/C11H10N2O2/c1-15-10-4-2-8(3-5-10)11(14)9-6-12-13-7-9/h2-7H,1H3,(H,12,13). The van der Waals surface area contributed by atoms with Crippen LogP contribution in [0, 0.1) is 0 Å². The van der Waals surface area contributed by atoms with Gasteiger partial charge in [-0.05, 0) is 24.3 Å². The largest absolute Gasteiger partial charge is 0.497 e. The molecule has 1 N–H and O–H groups in total. The van der Waals surface area contributed by atoms with Gasteiger partial charge in [0.2, 0.25) is 0 Å². The Kier molecular flexibility index (Phi) is 2.49. The highest BCUT2D eigenvalue weighted by Gasteiger charge is 2.09. The van der Waals surface area contributed by atoms with Crippen LogP contribution in [-0.2, 0) is 0 Å². The Labute approximate surface area is 86.9 Å². The first-order valence-electron chi connectivity index (χ1n) is 4.49. The number of H-pyrrole nitrogens is 1. The van der Waals surface area contributed by atoms with Crippen LogP contribution in [0.5, 0.6) is 5.75 Å². The van der Waals surface area contributed by atoms with Gasteiger partial charge in [0.1, 0.15) is 5.75 Å². The van der Waals surface area contributed by atoms with Crippen molar-refractivity contribution < 1.29 is 9.53 Å². The molecule has 0 aliphatic heterocycles. The number of carbonyl (C=O) groups is 1. The molecule has 1 aromatic heterocycles. The molecular weight excluding hydrogens is 192 g/mol. The van der Waals surface area contributed by atoms with Crippen LogP contribution in [-0.4, -0.2) is 23.1 Å². The molecule has 4 nitrogen and oxygen atoms in total. The SMILES string of the molecule is COc1ccc(C(=O)c2cn[nH]c2)cc1. The molecule has 0 aliphatic carbocycles. The van der Waals surface area contributed by atoms with Crippen LogP contribution < -0.4 is 4.74 Å². The molecule has 76 valence electrons. The van der Waals surface area contributed by atoms with Gasteiger partial charge in [0, 0.05) is 11.8 Å². The minimum Gasteiger partial charge on any atom is -0.497 e. The van der Waals surface area contributed by atoms with Crippen molar-refractivity contribution in [2.45, 2.75) is 0 Å². The van der Waals surface area contributed by atoms with E-state index in [1.807, 2.05) is 0 Å². The Morgan fingerprint density at radius 2 is 2.00 bits per heavy atom. The second kappa shape index (κ2) is 3.96. The van der Waals surface area contributed by atoms with Crippen LogP contribution in [0.3, 0.4) is 0 Å². The summed E-state index contributed by atoms with van der Waals surface area (Å²) in [6.45, 7) is 0. The van der Waals surface area contributed by atoms with Crippen molar-refractivity contribution >= 4 is 5.78 Å². The molecule has 0 bridgehead atoms. The predicted molar refractivity (Wildman–Crippen MR) is 55.0 cm³/mol. The maximum Gasteiger partial charge on any atom is 0.196 e. The van der Waals surface area contributed by atoms with E-state index in [2.05, 4.69) is 10.2 Å². The van der Waals surface area contributed by atoms with Gasteiger partial charge in [-0.3, -0.25) is 9.89 Å². The van der Waals surface area contributed by atoms with E-state index in [0.29, 0.717) is 11.1 Å². The third-order valence-corrected chi connectivity index (χ3v) is 2.11. The third-order valence-electron chi connectivity index (χ3n) is 2.11. The van der Waals surface area contributed by atoms with E-state index in [9.17, 15) is 4.79 Å². The fraction of sp³-hybridized carbons (Fsp3) is 0.0909. The first kappa shape index (κ1) is 9.45. The molecule has 1 heterocycles. The second-order valence-electron chi connectivity index (χ2n) is 3.04. The number of carbonyl (C=O) groups excluding carboxylic acids is 1. The number of nitrogens with zero attached hydrogens (tertiary/aromatic N) is 1. The van der Waals surface area contributed by atoms with Crippen LogP contribution in [0.25, 0.3) is 0 Å². The number of hydrogen-bond acceptors (Lipinski definition) is 3. The van der Waals surface area contributed by atoms with E-state index in [-0.39, 0.29) is 5.78 Å². The molecular formula is C11H10N2O2. The van der Waals surface area contributed by atoms with Crippen LogP contribution in [0.15, 0.2) is 36.7 Å². The first-order chi connectivity index (χ1) is 7.31. The minimum absolute atomic E-state index is 0.0496. The molecule has 0 fully saturated rings. The Bertz CT molecular complexity index is 446. The van der Waals surface area contributed by atoms with E-state index < -0.39 is 0 Å². The van der Waals surface area contributed by atoms with Gasteiger partial charge in [-0.25, -0.2) is 0 Å². The summed E-state index contributed by atoms with van der Waals surface area (Å²) in [7, 11) is 1.59. The minimum atomic E-state index is -0.0496. The van der Waals surface area contributed by atoms with Gasteiger partial charge in [-0.2, -0.15) is 5.10 Å². The summed E-state index contributed by atoms with van der Waals surface area (Å²) in [6, 6.07) is 6.98. The van der Waals surface area contributed by atoms with Crippen molar-refractivity contribution in [2.24, 2.45) is 0 Å². The summed E-state index contributed by atoms with van der Waals surface area (Å²) in [5, 5.41) is 6.34. The molecule has 0 atom stereocenters. The maximum absolute atomic E-state index is 11.8. The van der Waals surface area contributed by atoms with Crippen LogP contribution >= 0.6 is 0 Å². The molecule has 0 amide bonds. The number of ether oxygens (including phenoxy) is 1. The molecule has 1 aromatic carbocycles. The number of nitrogens with one attached hydrogen (secondary N) is 1. The van der Waals surface area contributed by atoms with E-state index in [1.54, 1.807) is 37.6 Å². The highest BCUT2D eigenvalue weighted by Crippen LogP contribution is 2.14. The van der Waals surface area contributed by atoms with Crippen molar-refractivity contribution in [1.82, 2.24) is 10.2 Å². The van der Waals surface area contributed by atoms with E-state index in [4.69, 9.17) is 4.74 Å². The smallest absolute Gasteiger partial charge is 0.196 e. The van der Waals surface area contributed by atoms with Gasteiger partial charge < -0.3 is 4.74 Å². The summed E-state index contributed by atoms with van der Waals surface area (Å²) in [5.41, 5.74) is 1.18. The van der Waals surface area contributed by atoms with E-state index in [0.717, 1.165) is 5.75 Å². The Hall–Kier alpha value is -2.10. The van der Waals surface area contributed by atoms with E-state index in [1.165, 1.54) is 6.20 Å². The van der Waals surface area contributed by atoms with Crippen molar-refractivity contribution in [2.75, 3.05) is 7.11 Å². The zero-order chi connectivity index (χ0) is 10.7. The van der Waals surface area contributed by atoms with E-state index >= 15 is 0 Å². The van der Waals surface area contributed by atoms with Crippen LogP contribution in [0.4, 0.5) is 0 Å². The second-order valence-corrected chi connectivity index (χ2v) is 3.04. The number of hydrogen-bond donors (Lipinski definition) is 1. The highest BCUT2D eigenvalue weighted by atomic mass is 16.5. The molecule has 2 aromatic rings. The molecule has 2 rings (SSSR count). The van der Waals surface area contributed by atoms with Crippen molar-refractivity contribution in [3.05, 3.63) is 47.8 Å². The third kappa shape index (κ3) is 1.88. The van der Waals surface area contributed by atoms with Gasteiger partial charge in [0.15, 0.2) is 5.78 Å². The first-order valence-corrected chi connectivity index (χ1v) is 4.49. The average molecular weight is 202 g/mol. The van der Waals surface area contributed by atoms with Crippen molar-refractivity contribution in [3.63, 3.8) is 0 Å². The molecule has 0 saturated carbocycles. The van der Waals surface area contributed by atoms with Gasteiger partial charge in [-0.1, -0.05) is 0 Å². The molecule has 4 heteroatoms. The van der Waals surface area contributed by atoms with Crippen molar-refractivity contribution in [3.8, 4) is 5.75 Å². The zero-order valence-corrected chi connectivity index (χ0v) is 8.23. The summed E-state index contributed by atoms with van der Waals surface area (Å²) < 4.78 is 5.01. The quantitative estimate of drug-likeness (QED) is 0.770. The molecule has 15 heavy (non-hydrogen) atoms. The van der Waals surface area contributed by atoms with Gasteiger partial charge in [-0.15, -0.1) is 0 Å². The fourth-order valence-electron chi connectivity index (χ4n) is 1.28. The Balaban J connectivity index is 2.27. The number of benzene rings is 1. The molecule has 0 radical (unpaired) electrons. The lowest BCUT2D eigenvalue weighted by Crippen LogP contribution is -1.99. The molecule has 0 aliphatic rings. The van der Waals surface area contributed by atoms with Crippen LogP contribution in [0.2, 0.25) is 0 Å². The Morgan fingerprint density at radius 1 is 1.27 bits per heavy atom. The molecule has 0 unspecified atom stereocenters. The lowest BCUT2D eigenvalue weighted by Gasteiger charge is -2.00. The predicted octanol–water partition coefficient (Wildman–Crippen LogP) is 1.65. The number of methoxy groups -OCH3 is 1. The fourth-order valence-corrected chi connectivity index (χ4v) is 1.28. The average Bonchev–Trinajstić information content (AvgIpc) is 2.82. The monoisotopic (exact) mass is 202 g/mol. The summed E-state index contributed by atoms with van der Waals surface area (Å²) >= 11 is 0. The normalized spacial score (nSPS) is 9.93. The van der Waals surface area contributed by atoms with Gasteiger partial charge in [0.05, 0.1) is 18.9 Å². The maximum atomic E-state index is 11.8. The van der Waals surface area contributed by atoms with Crippen molar-refractivity contribution in [1.29, 1.82) is 0 Å². The number of aromatic nitrogens is 2. The number of aromatic amines is 1.